The molecule has 1 rings (SSSR count). The van der Waals surface area contributed by atoms with Crippen molar-refractivity contribution in [2.75, 3.05) is 38.2 Å². The summed E-state index contributed by atoms with van der Waals surface area (Å²) in [5.74, 6) is 0.439. The average molecular weight is 304 g/mol. The number of sulfone groups is 1. The maximum atomic E-state index is 12.3. The zero-order valence-corrected chi connectivity index (χ0v) is 13.8. The first-order valence-corrected chi connectivity index (χ1v) is 9.40. The number of unbranched alkanes of at least 4 members (excludes halogenated alkanes) is 1. The highest BCUT2D eigenvalue weighted by Gasteiger charge is 2.33. The van der Waals surface area contributed by atoms with Crippen molar-refractivity contribution in [1.29, 1.82) is 0 Å². The van der Waals surface area contributed by atoms with Crippen LogP contribution >= 0.6 is 0 Å². The van der Waals surface area contributed by atoms with Crippen LogP contribution < -0.4 is 0 Å². The van der Waals surface area contributed by atoms with Gasteiger partial charge in [0.1, 0.15) is 0 Å². The van der Waals surface area contributed by atoms with Gasteiger partial charge < -0.3 is 9.80 Å². The third-order valence-corrected chi connectivity index (χ3v) is 5.66. The lowest BCUT2D eigenvalue weighted by Crippen LogP contribution is -2.42. The van der Waals surface area contributed by atoms with Gasteiger partial charge in [-0.3, -0.25) is 4.79 Å². The lowest BCUT2D eigenvalue weighted by atomic mass is 10.2. The van der Waals surface area contributed by atoms with E-state index < -0.39 is 9.84 Å². The highest BCUT2D eigenvalue weighted by Crippen LogP contribution is 2.18. The molecule has 5 nitrogen and oxygen atoms in total. The minimum Gasteiger partial charge on any atom is -0.339 e. The van der Waals surface area contributed by atoms with Crippen LogP contribution in [0.2, 0.25) is 0 Å². The summed E-state index contributed by atoms with van der Waals surface area (Å²) in [4.78, 5) is 16.2. The fourth-order valence-electron chi connectivity index (χ4n) is 2.63. The summed E-state index contributed by atoms with van der Waals surface area (Å²) < 4.78 is 23.0. The summed E-state index contributed by atoms with van der Waals surface area (Å²) in [6.07, 6.45) is 3.36. The minimum atomic E-state index is -2.93. The van der Waals surface area contributed by atoms with E-state index in [4.69, 9.17) is 0 Å². The van der Waals surface area contributed by atoms with Crippen LogP contribution in [0.5, 0.6) is 0 Å². The number of carbonyl (C=O) groups is 1. The third kappa shape index (κ3) is 5.40. The summed E-state index contributed by atoms with van der Waals surface area (Å²) in [5, 5.41) is 0. The zero-order valence-electron chi connectivity index (χ0n) is 13.0. The summed E-state index contributed by atoms with van der Waals surface area (Å²) in [7, 11) is -0.905. The summed E-state index contributed by atoms with van der Waals surface area (Å²) in [6.45, 7) is 6.42. The van der Waals surface area contributed by atoms with Gasteiger partial charge in [0.15, 0.2) is 9.84 Å². The van der Waals surface area contributed by atoms with E-state index >= 15 is 0 Å². The molecule has 1 heterocycles. The highest BCUT2D eigenvalue weighted by atomic mass is 32.2. The normalized spacial score (nSPS) is 21.3. The second-order valence-corrected chi connectivity index (χ2v) is 7.87. The molecule has 1 unspecified atom stereocenters. The maximum absolute atomic E-state index is 12.3. The van der Waals surface area contributed by atoms with Crippen molar-refractivity contribution >= 4 is 15.7 Å². The Hall–Kier alpha value is -0.620. The fraction of sp³-hybridized carbons (Fsp3) is 0.929. The number of hydrogen-bond acceptors (Lipinski definition) is 4. The molecule has 118 valence electrons. The van der Waals surface area contributed by atoms with Gasteiger partial charge in [-0.1, -0.05) is 13.3 Å². The van der Waals surface area contributed by atoms with Gasteiger partial charge in [-0.05, 0) is 33.4 Å². The molecule has 1 saturated heterocycles. The molecule has 1 atom stereocenters. The van der Waals surface area contributed by atoms with Crippen LogP contribution in [0, 0.1) is 0 Å². The van der Waals surface area contributed by atoms with Gasteiger partial charge in [-0.2, -0.15) is 0 Å². The Balaban J connectivity index is 2.43. The van der Waals surface area contributed by atoms with Crippen LogP contribution in [0.1, 0.15) is 39.5 Å². The van der Waals surface area contributed by atoms with Gasteiger partial charge in [-0.25, -0.2) is 8.42 Å². The van der Waals surface area contributed by atoms with Crippen LogP contribution in [-0.2, 0) is 14.6 Å². The molecule has 1 amide bonds. The van der Waals surface area contributed by atoms with Crippen molar-refractivity contribution in [3.8, 4) is 0 Å². The van der Waals surface area contributed by atoms with Crippen LogP contribution in [0.15, 0.2) is 0 Å². The molecule has 0 aromatic heterocycles. The molecule has 0 spiro atoms. The van der Waals surface area contributed by atoms with E-state index in [0.29, 0.717) is 19.4 Å². The molecule has 0 aromatic carbocycles. The largest absolute Gasteiger partial charge is 0.339 e. The first-order valence-electron chi connectivity index (χ1n) is 7.58. The van der Waals surface area contributed by atoms with Crippen molar-refractivity contribution in [2.24, 2.45) is 0 Å². The summed E-state index contributed by atoms with van der Waals surface area (Å²) in [6, 6.07) is -0.113. The Labute approximate surface area is 123 Å². The standard InChI is InChI=1S/C14H28N2O3S/c1-4-6-9-15(3)10-7-14(17)16(5-2)13-8-11-20(18,19)12-13/h13H,4-12H2,1-3H3. The number of amides is 1. The number of rotatable bonds is 8. The molecule has 6 heteroatoms. The summed E-state index contributed by atoms with van der Waals surface area (Å²) in [5.41, 5.74) is 0. The molecule has 1 aliphatic heterocycles. The molecule has 0 N–H and O–H groups in total. The first-order chi connectivity index (χ1) is 9.39. The van der Waals surface area contributed by atoms with Crippen LogP contribution in [0.3, 0.4) is 0 Å². The first kappa shape index (κ1) is 17.4. The van der Waals surface area contributed by atoms with Gasteiger partial charge in [0.05, 0.1) is 11.5 Å². The molecule has 1 fully saturated rings. The quantitative estimate of drug-likeness (QED) is 0.675. The average Bonchev–Trinajstić information content (AvgIpc) is 2.75. The highest BCUT2D eigenvalue weighted by molar-refractivity contribution is 7.91. The second kappa shape index (κ2) is 7.98. The second-order valence-electron chi connectivity index (χ2n) is 5.64. The Kier molecular flexibility index (Phi) is 6.95. The molecule has 20 heavy (non-hydrogen) atoms. The van der Waals surface area contributed by atoms with Gasteiger partial charge in [0.25, 0.3) is 0 Å². The molecule has 0 aromatic rings. The summed E-state index contributed by atoms with van der Waals surface area (Å²) >= 11 is 0. The Morgan fingerprint density at radius 3 is 2.45 bits per heavy atom. The molecule has 0 saturated carbocycles. The topological polar surface area (TPSA) is 57.7 Å². The predicted octanol–water partition coefficient (Wildman–Crippen LogP) is 1.14. The molecule has 0 bridgehead atoms. The van der Waals surface area contributed by atoms with Crippen molar-refractivity contribution in [1.82, 2.24) is 9.80 Å². The molecular weight excluding hydrogens is 276 g/mol. The van der Waals surface area contributed by atoms with Gasteiger partial charge in [0.2, 0.25) is 5.91 Å². The number of nitrogens with zero attached hydrogens (tertiary/aromatic N) is 2. The van der Waals surface area contributed by atoms with E-state index in [2.05, 4.69) is 11.8 Å². The smallest absolute Gasteiger partial charge is 0.224 e. The van der Waals surface area contributed by atoms with Crippen molar-refractivity contribution in [3.63, 3.8) is 0 Å². The van der Waals surface area contributed by atoms with E-state index in [9.17, 15) is 13.2 Å². The van der Waals surface area contributed by atoms with E-state index in [-0.39, 0.29) is 23.5 Å². The monoisotopic (exact) mass is 304 g/mol. The Morgan fingerprint density at radius 1 is 1.25 bits per heavy atom. The Morgan fingerprint density at radius 2 is 1.95 bits per heavy atom. The van der Waals surface area contributed by atoms with Crippen molar-refractivity contribution in [2.45, 2.75) is 45.6 Å². The lowest BCUT2D eigenvalue weighted by molar-refractivity contribution is -0.133. The third-order valence-electron chi connectivity index (χ3n) is 3.91. The van der Waals surface area contributed by atoms with E-state index in [1.54, 1.807) is 4.90 Å². The Bertz CT molecular complexity index is 409. The molecule has 1 aliphatic rings. The van der Waals surface area contributed by atoms with Crippen molar-refractivity contribution in [3.05, 3.63) is 0 Å². The van der Waals surface area contributed by atoms with Gasteiger partial charge in [-0.15, -0.1) is 0 Å². The van der Waals surface area contributed by atoms with Crippen molar-refractivity contribution < 1.29 is 13.2 Å². The van der Waals surface area contributed by atoms with E-state index in [1.807, 2.05) is 14.0 Å². The molecule has 0 radical (unpaired) electrons. The lowest BCUT2D eigenvalue weighted by Gasteiger charge is -2.27. The van der Waals surface area contributed by atoms with Crippen LogP contribution in [-0.4, -0.2) is 68.4 Å². The SMILES string of the molecule is CCCCN(C)CCC(=O)N(CC)C1CCS(=O)(=O)C1. The molecular formula is C14H28N2O3S. The predicted molar refractivity (Wildman–Crippen MR) is 81.5 cm³/mol. The maximum Gasteiger partial charge on any atom is 0.224 e. The van der Waals surface area contributed by atoms with Crippen LogP contribution in [0.4, 0.5) is 0 Å². The zero-order chi connectivity index (χ0) is 15.2. The van der Waals surface area contributed by atoms with E-state index in [0.717, 1.165) is 25.9 Å². The number of carbonyl (C=O) groups excluding carboxylic acids is 1. The molecule has 0 aliphatic carbocycles. The van der Waals surface area contributed by atoms with Crippen LogP contribution in [0.25, 0.3) is 0 Å². The van der Waals surface area contributed by atoms with Gasteiger partial charge in [0, 0.05) is 25.6 Å². The minimum absolute atomic E-state index is 0.0814. The van der Waals surface area contributed by atoms with Gasteiger partial charge >= 0.3 is 0 Å². The van der Waals surface area contributed by atoms with E-state index in [1.165, 1.54) is 0 Å². The number of hydrogen-bond donors (Lipinski definition) is 0. The fourth-order valence-corrected chi connectivity index (χ4v) is 4.36.